The molecule has 2 rings (SSSR count). The molecule has 2 N–H and O–H groups in total. The summed E-state index contributed by atoms with van der Waals surface area (Å²) >= 11 is 1.67. The van der Waals surface area contributed by atoms with Crippen LogP contribution in [0.15, 0.2) is 10.9 Å². The first-order chi connectivity index (χ1) is 9.57. The van der Waals surface area contributed by atoms with Crippen LogP contribution in [0.2, 0.25) is 0 Å². The van der Waals surface area contributed by atoms with Gasteiger partial charge in [0.25, 0.3) is 0 Å². The predicted molar refractivity (Wildman–Crippen MR) is 85.9 cm³/mol. The molecule has 0 saturated carbocycles. The Morgan fingerprint density at radius 2 is 2.25 bits per heavy atom. The van der Waals surface area contributed by atoms with E-state index in [0.29, 0.717) is 6.04 Å². The van der Waals surface area contributed by atoms with E-state index in [-0.39, 0.29) is 5.54 Å². The van der Waals surface area contributed by atoms with Crippen LogP contribution in [0.5, 0.6) is 0 Å². The van der Waals surface area contributed by atoms with Crippen LogP contribution < -0.4 is 5.73 Å². The van der Waals surface area contributed by atoms with Crippen molar-refractivity contribution in [3.8, 4) is 0 Å². The molecule has 1 aliphatic rings. The second-order valence-corrected chi connectivity index (χ2v) is 6.97. The number of nitrogens with zero attached hydrogens (tertiary/aromatic N) is 3. The molecule has 1 aromatic rings. The van der Waals surface area contributed by atoms with Crippen molar-refractivity contribution in [3.05, 3.63) is 16.6 Å². The van der Waals surface area contributed by atoms with Crippen LogP contribution in [-0.2, 0) is 6.54 Å². The third-order valence-electron chi connectivity index (χ3n) is 4.75. The Balaban J connectivity index is 2.04. The number of hydrogen-bond acceptors (Lipinski definition) is 5. The lowest BCUT2D eigenvalue weighted by molar-refractivity contribution is 0.0963. The smallest absolute Gasteiger partial charge is 0.0795 e. The van der Waals surface area contributed by atoms with E-state index in [9.17, 15) is 0 Å². The van der Waals surface area contributed by atoms with Gasteiger partial charge in [-0.1, -0.05) is 0 Å². The summed E-state index contributed by atoms with van der Waals surface area (Å²) in [6, 6.07) is 0.632. The van der Waals surface area contributed by atoms with Crippen molar-refractivity contribution in [2.24, 2.45) is 5.73 Å². The highest BCUT2D eigenvalue weighted by molar-refractivity contribution is 7.07. The maximum absolute atomic E-state index is 6.18. The van der Waals surface area contributed by atoms with E-state index in [1.807, 2.05) is 5.51 Å². The van der Waals surface area contributed by atoms with E-state index in [2.05, 4.69) is 41.1 Å². The van der Waals surface area contributed by atoms with Crippen LogP contribution in [0, 0.1) is 0 Å². The van der Waals surface area contributed by atoms with Crippen LogP contribution in [0.4, 0.5) is 0 Å². The van der Waals surface area contributed by atoms with Crippen molar-refractivity contribution >= 4 is 11.3 Å². The molecule has 0 aliphatic carbocycles. The molecule has 1 aromatic heterocycles. The minimum Gasteiger partial charge on any atom is -0.329 e. The maximum Gasteiger partial charge on any atom is 0.0795 e. The van der Waals surface area contributed by atoms with Gasteiger partial charge < -0.3 is 10.6 Å². The molecule has 1 atom stereocenters. The maximum atomic E-state index is 6.18. The minimum atomic E-state index is 0.132. The molecule has 0 bridgehead atoms. The lowest BCUT2D eigenvalue weighted by atomic mass is 9.88. The van der Waals surface area contributed by atoms with Crippen molar-refractivity contribution < 1.29 is 0 Å². The second-order valence-electron chi connectivity index (χ2n) is 6.25. The third-order valence-corrected chi connectivity index (χ3v) is 5.39. The minimum absolute atomic E-state index is 0.132. The topological polar surface area (TPSA) is 45.4 Å². The SMILES string of the molecule is CC(C)N1CCCC(CN)(N(C)Cc2cscn2)CC1. The molecule has 0 aromatic carbocycles. The molecular weight excluding hydrogens is 268 g/mol. The van der Waals surface area contributed by atoms with Gasteiger partial charge in [-0.3, -0.25) is 4.90 Å². The number of hydrogen-bond donors (Lipinski definition) is 1. The number of likely N-dealkylation sites (tertiary alicyclic amines) is 1. The highest BCUT2D eigenvalue weighted by Gasteiger charge is 2.35. The lowest BCUT2D eigenvalue weighted by Gasteiger charge is -2.40. The molecular formula is C15H28N4S. The van der Waals surface area contributed by atoms with Crippen molar-refractivity contribution in [2.75, 3.05) is 26.7 Å². The highest BCUT2D eigenvalue weighted by atomic mass is 32.1. The predicted octanol–water partition coefficient (Wildman–Crippen LogP) is 2.17. The van der Waals surface area contributed by atoms with Crippen molar-refractivity contribution in [2.45, 2.75) is 51.2 Å². The van der Waals surface area contributed by atoms with Gasteiger partial charge in [0.15, 0.2) is 0 Å². The Morgan fingerprint density at radius 1 is 1.45 bits per heavy atom. The van der Waals surface area contributed by atoms with Crippen molar-refractivity contribution in [3.63, 3.8) is 0 Å². The summed E-state index contributed by atoms with van der Waals surface area (Å²) in [5, 5.41) is 2.14. The molecule has 2 heterocycles. The second kappa shape index (κ2) is 6.98. The fraction of sp³-hybridized carbons (Fsp3) is 0.800. The molecule has 20 heavy (non-hydrogen) atoms. The fourth-order valence-electron chi connectivity index (χ4n) is 3.18. The van der Waals surface area contributed by atoms with Gasteiger partial charge in [0.2, 0.25) is 0 Å². The number of thiazole rings is 1. The third kappa shape index (κ3) is 3.58. The first-order valence-corrected chi connectivity index (χ1v) is 8.54. The highest BCUT2D eigenvalue weighted by Crippen LogP contribution is 2.29. The summed E-state index contributed by atoms with van der Waals surface area (Å²) in [5.74, 6) is 0. The quantitative estimate of drug-likeness (QED) is 0.904. The fourth-order valence-corrected chi connectivity index (χ4v) is 3.73. The zero-order valence-corrected chi connectivity index (χ0v) is 13.8. The van der Waals surface area contributed by atoms with Gasteiger partial charge in [0, 0.05) is 36.6 Å². The number of rotatable bonds is 5. The normalized spacial score (nSPS) is 25.3. The zero-order chi connectivity index (χ0) is 14.6. The van der Waals surface area contributed by atoms with E-state index in [4.69, 9.17) is 5.73 Å². The molecule has 1 unspecified atom stereocenters. The summed E-state index contributed by atoms with van der Waals surface area (Å²) in [4.78, 5) is 9.42. The molecule has 1 fully saturated rings. The Kier molecular flexibility index (Phi) is 5.55. The van der Waals surface area contributed by atoms with E-state index in [1.165, 1.54) is 19.4 Å². The van der Waals surface area contributed by atoms with Gasteiger partial charge in [0.1, 0.15) is 0 Å². The van der Waals surface area contributed by atoms with Gasteiger partial charge in [-0.2, -0.15) is 0 Å². The Morgan fingerprint density at radius 3 is 2.85 bits per heavy atom. The van der Waals surface area contributed by atoms with Crippen LogP contribution >= 0.6 is 11.3 Å². The molecule has 1 aliphatic heterocycles. The molecule has 0 radical (unpaired) electrons. The van der Waals surface area contributed by atoms with Crippen LogP contribution in [0.1, 0.15) is 38.8 Å². The van der Waals surface area contributed by atoms with Gasteiger partial charge >= 0.3 is 0 Å². The number of aromatic nitrogens is 1. The standard InChI is InChI=1S/C15H28N4S/c1-13(2)19-7-4-5-15(11-16,6-8-19)18(3)9-14-10-20-12-17-14/h10,12-13H,4-9,11,16H2,1-3H3. The molecule has 0 amide bonds. The van der Waals surface area contributed by atoms with Gasteiger partial charge in [0.05, 0.1) is 11.2 Å². The monoisotopic (exact) mass is 296 g/mol. The zero-order valence-electron chi connectivity index (χ0n) is 13.0. The first kappa shape index (κ1) is 15.9. The van der Waals surface area contributed by atoms with E-state index in [0.717, 1.165) is 31.7 Å². The van der Waals surface area contributed by atoms with E-state index >= 15 is 0 Å². The molecule has 5 heteroatoms. The molecule has 4 nitrogen and oxygen atoms in total. The summed E-state index contributed by atoms with van der Waals surface area (Å²) in [6.07, 6.45) is 3.58. The Labute approximate surface area is 127 Å². The van der Waals surface area contributed by atoms with Gasteiger partial charge in [-0.05, 0) is 46.7 Å². The van der Waals surface area contributed by atoms with Crippen molar-refractivity contribution in [1.29, 1.82) is 0 Å². The largest absolute Gasteiger partial charge is 0.329 e. The summed E-state index contributed by atoms with van der Waals surface area (Å²) in [7, 11) is 2.21. The average molecular weight is 296 g/mol. The average Bonchev–Trinajstić information content (AvgIpc) is 2.82. The number of nitrogens with two attached hydrogens (primary N) is 1. The summed E-state index contributed by atoms with van der Waals surface area (Å²) in [5.41, 5.74) is 9.38. The molecule has 114 valence electrons. The van der Waals surface area contributed by atoms with Crippen LogP contribution in [0.3, 0.4) is 0 Å². The van der Waals surface area contributed by atoms with Gasteiger partial charge in [-0.15, -0.1) is 11.3 Å². The van der Waals surface area contributed by atoms with E-state index in [1.54, 1.807) is 11.3 Å². The summed E-state index contributed by atoms with van der Waals surface area (Å²) in [6.45, 7) is 8.56. The molecule has 1 saturated heterocycles. The van der Waals surface area contributed by atoms with Crippen molar-refractivity contribution in [1.82, 2.24) is 14.8 Å². The lowest BCUT2D eigenvalue weighted by Crippen LogP contribution is -2.52. The van der Waals surface area contributed by atoms with E-state index < -0.39 is 0 Å². The number of likely N-dealkylation sites (N-methyl/N-ethyl adjacent to an activating group) is 1. The van der Waals surface area contributed by atoms with Gasteiger partial charge in [-0.25, -0.2) is 4.98 Å². The van der Waals surface area contributed by atoms with Crippen LogP contribution in [-0.4, -0.2) is 53.0 Å². The first-order valence-electron chi connectivity index (χ1n) is 7.60. The Bertz CT molecular complexity index is 393. The molecule has 0 spiro atoms. The summed E-state index contributed by atoms with van der Waals surface area (Å²) < 4.78 is 0. The van der Waals surface area contributed by atoms with Crippen LogP contribution in [0.25, 0.3) is 0 Å². The Hall–Kier alpha value is -0.490.